The largest absolute Gasteiger partial charge is 0.474 e. The van der Waals surface area contributed by atoms with E-state index in [-0.39, 0.29) is 24.2 Å². The topological polar surface area (TPSA) is 87.3 Å². The van der Waals surface area contributed by atoms with E-state index < -0.39 is 41.4 Å². The Bertz CT molecular complexity index is 1100. The minimum Gasteiger partial charge on any atom is -0.474 e. The number of ether oxygens (including phenoxy) is 2. The number of nitrogens with zero attached hydrogens (tertiary/aromatic N) is 3. The van der Waals surface area contributed by atoms with E-state index in [1.165, 1.54) is 12.1 Å². The third kappa shape index (κ3) is 4.53. The van der Waals surface area contributed by atoms with Crippen LogP contribution < -0.4 is 10.1 Å². The number of H-pyrrole nitrogens is 1. The molecule has 0 fully saturated rings. The van der Waals surface area contributed by atoms with Crippen molar-refractivity contribution >= 4 is 10.9 Å². The molecule has 0 spiro atoms. The minimum atomic E-state index is -3.20. The number of hydrogen-bond acceptors (Lipinski definition) is 5. The van der Waals surface area contributed by atoms with Crippen molar-refractivity contribution in [2.75, 3.05) is 13.2 Å². The number of aromatic nitrogens is 2. The summed E-state index contributed by atoms with van der Waals surface area (Å²) in [6, 6.07) is 6.17. The summed E-state index contributed by atoms with van der Waals surface area (Å²) in [6.45, 7) is 11.6. The van der Waals surface area contributed by atoms with Gasteiger partial charge < -0.3 is 14.8 Å². The molecule has 1 aromatic heterocycles. The molecule has 0 aliphatic carbocycles. The van der Waals surface area contributed by atoms with Gasteiger partial charge in [0.15, 0.2) is 0 Å². The zero-order valence-corrected chi connectivity index (χ0v) is 17.1. The molecule has 0 bridgehead atoms. The number of benzene rings is 1. The predicted molar refractivity (Wildman–Crippen MR) is 107 cm³/mol. The van der Waals surface area contributed by atoms with Crippen molar-refractivity contribution in [2.24, 2.45) is 0 Å². The van der Waals surface area contributed by atoms with Gasteiger partial charge in [-0.15, -0.1) is 5.10 Å². The third-order valence-corrected chi connectivity index (χ3v) is 4.73. The predicted octanol–water partition coefficient (Wildman–Crippen LogP) is 4.49. The molecule has 1 unspecified atom stereocenters. The average molecular weight is 449 g/mol. The van der Waals surface area contributed by atoms with Crippen LogP contribution in [-0.4, -0.2) is 42.4 Å². The molecule has 0 saturated carbocycles. The van der Waals surface area contributed by atoms with Gasteiger partial charge in [0.25, 0.3) is 12.9 Å². The highest BCUT2D eigenvalue weighted by molar-refractivity contribution is 5.85. The van der Waals surface area contributed by atoms with Crippen LogP contribution in [0.2, 0.25) is 0 Å². The van der Waals surface area contributed by atoms with Gasteiger partial charge in [-0.05, 0) is 31.5 Å². The minimum absolute atomic E-state index is 0.0177. The molecule has 1 aliphatic heterocycles. The molecular formula is C21H19F4N5O2. The Labute approximate surface area is 181 Å². The Morgan fingerprint density at radius 2 is 1.91 bits per heavy atom. The summed E-state index contributed by atoms with van der Waals surface area (Å²) in [5.41, 5.74) is -2.13. The van der Waals surface area contributed by atoms with Crippen molar-refractivity contribution in [3.8, 4) is 11.9 Å². The van der Waals surface area contributed by atoms with Crippen LogP contribution in [0.1, 0.15) is 25.3 Å². The van der Waals surface area contributed by atoms with E-state index in [9.17, 15) is 22.8 Å². The smallest absolute Gasteiger partial charge is 0.279 e. The Kier molecular flexibility index (Phi) is 7.01. The molecule has 2 heterocycles. The van der Waals surface area contributed by atoms with Crippen molar-refractivity contribution in [3.63, 3.8) is 0 Å². The molecule has 32 heavy (non-hydrogen) atoms. The van der Waals surface area contributed by atoms with Gasteiger partial charge >= 0.3 is 0 Å². The second-order valence-corrected chi connectivity index (χ2v) is 7.11. The van der Waals surface area contributed by atoms with E-state index in [0.29, 0.717) is 17.5 Å². The standard InChI is InChI=1S/C21H19F4N5O2/c1-10(2)31-6-7-32-21-12-8-11(4-5-14(12)29-30-21)15-13(9-26)16(19(22)23)28-18(20(24)25)17(15)27-3/h4-5,8,10,15,19-20,28H,6-7H2,1-2H3,(H,29,30). The highest BCUT2D eigenvalue weighted by Crippen LogP contribution is 2.42. The summed E-state index contributed by atoms with van der Waals surface area (Å²) in [5, 5.41) is 18.7. The van der Waals surface area contributed by atoms with Crippen molar-refractivity contribution in [1.29, 1.82) is 5.26 Å². The van der Waals surface area contributed by atoms with Crippen LogP contribution >= 0.6 is 0 Å². The van der Waals surface area contributed by atoms with Crippen LogP contribution in [0.25, 0.3) is 15.7 Å². The van der Waals surface area contributed by atoms with Crippen LogP contribution in [-0.2, 0) is 4.74 Å². The number of hydrogen-bond donors (Lipinski definition) is 2. The van der Waals surface area contributed by atoms with Gasteiger partial charge in [-0.25, -0.2) is 22.4 Å². The number of nitrogens with one attached hydrogen (secondary N) is 2. The quantitative estimate of drug-likeness (QED) is 0.352. The van der Waals surface area contributed by atoms with Crippen LogP contribution in [0.5, 0.6) is 5.88 Å². The highest BCUT2D eigenvalue weighted by atomic mass is 19.3. The van der Waals surface area contributed by atoms with Gasteiger partial charge in [0.1, 0.15) is 6.61 Å². The first kappa shape index (κ1) is 23.1. The van der Waals surface area contributed by atoms with Crippen LogP contribution in [0.4, 0.5) is 17.6 Å². The van der Waals surface area contributed by atoms with Gasteiger partial charge in [-0.1, -0.05) is 6.07 Å². The number of alkyl halides is 4. The number of aromatic amines is 1. The zero-order valence-electron chi connectivity index (χ0n) is 17.1. The van der Waals surface area contributed by atoms with Crippen molar-refractivity contribution in [1.82, 2.24) is 15.5 Å². The van der Waals surface area contributed by atoms with Gasteiger partial charge in [0.2, 0.25) is 11.6 Å². The van der Waals surface area contributed by atoms with Gasteiger partial charge in [-0.3, -0.25) is 5.10 Å². The van der Waals surface area contributed by atoms with Gasteiger partial charge in [0.05, 0.1) is 59.1 Å². The van der Waals surface area contributed by atoms with E-state index >= 15 is 0 Å². The lowest BCUT2D eigenvalue weighted by Crippen LogP contribution is -2.32. The number of allylic oxidation sites excluding steroid dienone is 3. The van der Waals surface area contributed by atoms with Crippen LogP contribution in [0, 0.1) is 17.9 Å². The van der Waals surface area contributed by atoms with E-state index in [1.54, 1.807) is 12.1 Å². The monoisotopic (exact) mass is 449 g/mol. The first-order valence-corrected chi connectivity index (χ1v) is 9.59. The van der Waals surface area contributed by atoms with Crippen molar-refractivity contribution in [2.45, 2.75) is 38.7 Å². The summed E-state index contributed by atoms with van der Waals surface area (Å²) >= 11 is 0. The van der Waals surface area contributed by atoms with Gasteiger partial charge in [0, 0.05) is 0 Å². The summed E-state index contributed by atoms with van der Waals surface area (Å²) in [6.07, 6.45) is -6.39. The highest BCUT2D eigenvalue weighted by Gasteiger charge is 2.38. The molecule has 2 N–H and O–H groups in total. The molecule has 1 aliphatic rings. The van der Waals surface area contributed by atoms with Gasteiger partial charge in [-0.2, -0.15) is 5.26 Å². The van der Waals surface area contributed by atoms with E-state index in [0.717, 1.165) is 0 Å². The van der Waals surface area contributed by atoms with E-state index in [2.05, 4.69) is 15.0 Å². The van der Waals surface area contributed by atoms with Crippen LogP contribution in [0.3, 0.4) is 0 Å². The lowest BCUT2D eigenvalue weighted by molar-refractivity contribution is 0.0546. The molecule has 1 aromatic carbocycles. The Hall–Kier alpha value is -3.57. The summed E-state index contributed by atoms with van der Waals surface area (Å²) in [4.78, 5) is 3.15. The summed E-state index contributed by atoms with van der Waals surface area (Å²) in [5.74, 6) is -1.19. The van der Waals surface area contributed by atoms with E-state index in [4.69, 9.17) is 16.0 Å². The number of halogens is 4. The molecule has 0 saturated heterocycles. The molecule has 168 valence electrons. The molecule has 11 heteroatoms. The molecule has 0 amide bonds. The van der Waals surface area contributed by atoms with Crippen LogP contribution in [0.15, 0.2) is 40.9 Å². The fraction of sp³-hybridized carbons (Fsp3) is 0.381. The molecular weight excluding hydrogens is 430 g/mol. The number of rotatable bonds is 8. The normalized spacial score (nSPS) is 16.7. The summed E-state index contributed by atoms with van der Waals surface area (Å²) in [7, 11) is 0. The first-order valence-electron chi connectivity index (χ1n) is 9.59. The zero-order chi connectivity index (χ0) is 23.4. The SMILES string of the molecule is [C-]#[N+]C1=C(C(F)F)NC(C(F)F)=C(C#N)C1c1ccc2[nH]nc(OCCOC(C)C)c2c1. The maximum Gasteiger partial charge on any atom is 0.279 e. The Balaban J connectivity index is 2.07. The van der Waals surface area contributed by atoms with E-state index in [1.807, 2.05) is 19.2 Å². The second-order valence-electron chi connectivity index (χ2n) is 7.11. The lowest BCUT2D eigenvalue weighted by atomic mass is 9.84. The second kappa shape index (κ2) is 9.71. The Morgan fingerprint density at radius 3 is 2.50 bits per heavy atom. The molecule has 7 nitrogen and oxygen atoms in total. The molecule has 3 rings (SSSR count). The fourth-order valence-electron chi connectivity index (χ4n) is 3.36. The summed E-state index contributed by atoms with van der Waals surface area (Å²) < 4.78 is 65.2. The molecule has 2 aromatic rings. The van der Waals surface area contributed by atoms with Crippen molar-refractivity contribution < 1.29 is 27.0 Å². The number of fused-ring (bicyclic) bond motifs is 1. The number of nitriles is 1. The number of dihydropyridines is 1. The fourth-order valence-corrected chi connectivity index (χ4v) is 3.36. The maximum absolute atomic E-state index is 13.6. The maximum atomic E-state index is 13.6. The van der Waals surface area contributed by atoms with Crippen molar-refractivity contribution in [3.05, 3.63) is 57.8 Å². The Morgan fingerprint density at radius 1 is 1.19 bits per heavy atom. The third-order valence-electron chi connectivity index (χ3n) is 4.73. The molecule has 1 atom stereocenters. The lowest BCUT2D eigenvalue weighted by Gasteiger charge is -2.28. The first-order chi connectivity index (χ1) is 15.3. The average Bonchev–Trinajstić information content (AvgIpc) is 3.16. The molecule has 0 radical (unpaired) electrons.